The van der Waals surface area contributed by atoms with Crippen molar-refractivity contribution in [2.24, 2.45) is 5.92 Å². The fourth-order valence-corrected chi connectivity index (χ4v) is 5.24. The van der Waals surface area contributed by atoms with Crippen molar-refractivity contribution in [3.63, 3.8) is 0 Å². The molecule has 2 saturated heterocycles. The fraction of sp³-hybridized carbons (Fsp3) is 0.565. The van der Waals surface area contributed by atoms with Gasteiger partial charge in [-0.2, -0.15) is 35.0 Å². The molecule has 16 heteroatoms. The molecule has 1 N–H and O–H groups in total. The predicted molar refractivity (Wildman–Crippen MR) is 130 cm³/mol. The Morgan fingerprint density at radius 2 is 1.82 bits per heavy atom. The quantitative estimate of drug-likeness (QED) is 0.356. The summed E-state index contributed by atoms with van der Waals surface area (Å²) in [5.74, 6) is -1.37. The summed E-state index contributed by atoms with van der Waals surface area (Å²) in [6, 6.07) is -0.710. The van der Waals surface area contributed by atoms with E-state index in [1.165, 1.54) is 17.9 Å². The molecule has 2 aliphatic heterocycles. The second-order valence-corrected chi connectivity index (χ2v) is 10.9. The van der Waals surface area contributed by atoms with Gasteiger partial charge in [0.2, 0.25) is 5.82 Å². The average molecular weight is 588 g/mol. The third-order valence-electron chi connectivity index (χ3n) is 6.48. The van der Waals surface area contributed by atoms with E-state index >= 15 is 4.39 Å². The van der Waals surface area contributed by atoms with Crippen molar-refractivity contribution in [2.75, 3.05) is 49.6 Å². The Kier molecular flexibility index (Phi) is 9.64. The number of anilines is 2. The summed E-state index contributed by atoms with van der Waals surface area (Å²) in [6.07, 6.45) is -0.192. The second-order valence-electron chi connectivity index (χ2n) is 8.97. The molecule has 2 aliphatic rings. The molecule has 8 nitrogen and oxygen atoms in total. The maximum Gasteiger partial charge on any atom is 0.511 e. The van der Waals surface area contributed by atoms with Gasteiger partial charge in [0.25, 0.3) is 0 Å². The summed E-state index contributed by atoms with van der Waals surface area (Å²) in [5.41, 5.74) is -6.00. The van der Waals surface area contributed by atoms with E-state index in [-0.39, 0.29) is 75.4 Å². The predicted octanol–water partition coefficient (Wildman–Crippen LogP) is 4.42. The highest BCUT2D eigenvalue weighted by Gasteiger charge is 2.50. The minimum atomic E-state index is -5.40. The first-order chi connectivity index (χ1) is 18.2. The van der Waals surface area contributed by atoms with Gasteiger partial charge in [-0.25, -0.2) is 18.4 Å². The average Bonchev–Trinajstić information content (AvgIpc) is 2.87. The molecule has 0 spiro atoms. The summed E-state index contributed by atoms with van der Waals surface area (Å²) in [4.78, 5) is 9.42. The number of hydrogen-bond donors (Lipinski definition) is 1. The van der Waals surface area contributed by atoms with E-state index in [0.717, 1.165) is 18.5 Å². The Bertz CT molecular complexity index is 1190. The Morgan fingerprint density at radius 1 is 1.15 bits per heavy atom. The Balaban J connectivity index is 1.68. The van der Waals surface area contributed by atoms with Crippen molar-refractivity contribution in [3.05, 3.63) is 48.1 Å². The maximum absolute atomic E-state index is 15.4. The highest BCUT2D eigenvalue weighted by molar-refractivity contribution is 7.90. The van der Waals surface area contributed by atoms with Gasteiger partial charge < -0.3 is 15.0 Å². The molecule has 1 aromatic heterocycles. The summed E-state index contributed by atoms with van der Waals surface area (Å²) in [5, 5.41) is 2.81. The van der Waals surface area contributed by atoms with E-state index in [2.05, 4.69) is 21.9 Å². The van der Waals surface area contributed by atoms with Crippen LogP contribution in [-0.2, 0) is 14.8 Å². The Labute approximate surface area is 221 Å². The van der Waals surface area contributed by atoms with Crippen molar-refractivity contribution in [1.29, 1.82) is 0 Å². The van der Waals surface area contributed by atoms with E-state index in [4.69, 9.17) is 4.74 Å². The molecule has 0 radical (unpaired) electrons. The van der Waals surface area contributed by atoms with Gasteiger partial charge in [-0.3, -0.25) is 0 Å². The molecule has 39 heavy (non-hydrogen) atoms. The van der Waals surface area contributed by atoms with Gasteiger partial charge in [0.1, 0.15) is 6.33 Å². The largest absolute Gasteiger partial charge is 0.511 e. The number of allylic oxidation sites excluding steroid dienone is 3. The van der Waals surface area contributed by atoms with Gasteiger partial charge in [-0.05, 0) is 31.3 Å². The third kappa shape index (κ3) is 7.28. The van der Waals surface area contributed by atoms with Crippen LogP contribution in [0.2, 0.25) is 0 Å². The first-order valence-corrected chi connectivity index (χ1v) is 13.4. The summed E-state index contributed by atoms with van der Waals surface area (Å²) in [7, 11) is -5.40. The molecule has 0 saturated carbocycles. The van der Waals surface area contributed by atoms with Crippen LogP contribution in [-0.4, -0.2) is 79.8 Å². The number of aromatic nitrogens is 2. The molecule has 1 atom stereocenters. The monoisotopic (exact) mass is 587 g/mol. The Morgan fingerprint density at radius 3 is 2.41 bits per heavy atom. The highest BCUT2D eigenvalue weighted by Crippen LogP contribution is 2.32. The lowest BCUT2D eigenvalue weighted by Crippen LogP contribution is -2.47. The maximum atomic E-state index is 15.4. The smallest absolute Gasteiger partial charge is 0.377 e. The zero-order chi connectivity index (χ0) is 29.0. The first kappa shape index (κ1) is 30.8. The third-order valence-corrected chi connectivity index (χ3v) is 8.11. The molecular weight excluding hydrogens is 559 g/mol. The van der Waals surface area contributed by atoms with E-state index in [1.807, 2.05) is 0 Å². The van der Waals surface area contributed by atoms with Crippen LogP contribution in [0, 0.1) is 11.7 Å². The lowest BCUT2D eigenvalue weighted by Gasteiger charge is -2.37. The number of sulfonamides is 1. The van der Waals surface area contributed by atoms with E-state index in [9.17, 15) is 34.8 Å². The van der Waals surface area contributed by atoms with Crippen LogP contribution in [0.5, 0.6) is 0 Å². The number of piperidine rings is 1. The number of morpholine rings is 1. The van der Waals surface area contributed by atoms with Crippen LogP contribution >= 0.6 is 0 Å². The van der Waals surface area contributed by atoms with Crippen LogP contribution in [0.15, 0.2) is 42.3 Å². The standard InChI is InChI=1S/C23H28F7N5O3S/c1-3-17(22(25,26)27)5-4-15(2)18-13-38-11-10-35(18)21-19(24)20(32-14-33-21)31-12-16-6-8-34(9-7-16)39(36,37)23(28,29)30/h3-5,14,16,18H,2,6-13H2,1H3,(H,31,32,33)/b5-4-,17-3+/t18-/m1/s1. The fourth-order valence-electron chi connectivity index (χ4n) is 4.25. The molecule has 0 bridgehead atoms. The van der Waals surface area contributed by atoms with Crippen LogP contribution < -0.4 is 10.2 Å². The Hall–Kier alpha value is -2.72. The van der Waals surface area contributed by atoms with Crippen LogP contribution in [0.4, 0.5) is 42.4 Å². The number of rotatable bonds is 8. The molecular formula is C23H28F7N5O3S. The molecule has 218 valence electrons. The number of nitrogens with one attached hydrogen (secondary N) is 1. The van der Waals surface area contributed by atoms with E-state index in [1.54, 1.807) is 0 Å². The van der Waals surface area contributed by atoms with Crippen molar-refractivity contribution in [2.45, 2.75) is 37.5 Å². The number of hydrogen-bond acceptors (Lipinski definition) is 7. The molecule has 2 fully saturated rings. The van der Waals surface area contributed by atoms with Crippen LogP contribution in [0.25, 0.3) is 0 Å². The van der Waals surface area contributed by atoms with Crippen molar-refractivity contribution < 1.29 is 43.9 Å². The van der Waals surface area contributed by atoms with Gasteiger partial charge in [0, 0.05) is 26.2 Å². The number of halogens is 7. The number of nitrogens with zero attached hydrogens (tertiary/aromatic N) is 4. The van der Waals surface area contributed by atoms with E-state index in [0.29, 0.717) is 4.31 Å². The lowest BCUT2D eigenvalue weighted by molar-refractivity contribution is -0.0883. The molecule has 0 aliphatic carbocycles. The molecule has 0 unspecified atom stereocenters. The number of alkyl halides is 6. The summed E-state index contributed by atoms with van der Waals surface area (Å²) in [6.45, 7) is 4.99. The number of ether oxygens (including phenoxy) is 1. The zero-order valence-electron chi connectivity index (χ0n) is 20.9. The first-order valence-electron chi connectivity index (χ1n) is 11.9. The van der Waals surface area contributed by atoms with Crippen molar-refractivity contribution in [3.8, 4) is 0 Å². The zero-order valence-corrected chi connectivity index (χ0v) is 21.7. The van der Waals surface area contributed by atoms with Gasteiger partial charge in [-0.1, -0.05) is 24.8 Å². The minimum Gasteiger partial charge on any atom is -0.377 e. The molecule has 0 amide bonds. The van der Waals surface area contributed by atoms with Crippen molar-refractivity contribution >= 4 is 21.7 Å². The van der Waals surface area contributed by atoms with Crippen LogP contribution in [0.1, 0.15) is 19.8 Å². The second kappa shape index (κ2) is 12.2. The molecule has 3 heterocycles. The normalized spacial score (nSPS) is 21.0. The van der Waals surface area contributed by atoms with Crippen LogP contribution in [0.3, 0.4) is 0 Å². The molecule has 3 rings (SSSR count). The molecule has 0 aromatic carbocycles. The van der Waals surface area contributed by atoms with Gasteiger partial charge in [0.15, 0.2) is 11.6 Å². The molecule has 1 aromatic rings. The summed E-state index contributed by atoms with van der Waals surface area (Å²) < 4.78 is 122. The summed E-state index contributed by atoms with van der Waals surface area (Å²) >= 11 is 0. The van der Waals surface area contributed by atoms with Gasteiger partial charge >= 0.3 is 21.7 Å². The van der Waals surface area contributed by atoms with Gasteiger partial charge in [0.05, 0.1) is 24.8 Å². The van der Waals surface area contributed by atoms with E-state index < -0.39 is 39.1 Å². The lowest BCUT2D eigenvalue weighted by atomic mass is 9.98. The minimum absolute atomic E-state index is 0.0337. The van der Waals surface area contributed by atoms with Gasteiger partial charge in [-0.15, -0.1) is 0 Å². The topological polar surface area (TPSA) is 87.7 Å². The highest BCUT2D eigenvalue weighted by atomic mass is 32.2. The van der Waals surface area contributed by atoms with Crippen molar-refractivity contribution in [1.82, 2.24) is 14.3 Å². The SMILES string of the molecule is C=C(/C=C\C(=C/C)C(F)(F)F)[C@H]1COCCN1c1ncnc(NCC2CCN(S(=O)(=O)C(F)(F)F)CC2)c1F.